The number of pyridine rings is 1. The number of hydrogen-bond acceptors (Lipinski definition) is 7. The Hall–Kier alpha value is -2.21. The van der Waals surface area contributed by atoms with Crippen LogP contribution in [0, 0.1) is 34.5 Å². The summed E-state index contributed by atoms with van der Waals surface area (Å²) in [5.74, 6) is 2.07. The van der Waals surface area contributed by atoms with E-state index in [9.17, 15) is 4.79 Å². The molecule has 3 heterocycles. The van der Waals surface area contributed by atoms with Gasteiger partial charge in [0.15, 0.2) is 6.29 Å². The number of carbonyl (C=O) groups excluding carboxylic acids is 1. The van der Waals surface area contributed by atoms with Gasteiger partial charge in [0.1, 0.15) is 11.7 Å². The summed E-state index contributed by atoms with van der Waals surface area (Å²) in [5, 5.41) is 12.9. The second kappa shape index (κ2) is 11.7. The zero-order valence-corrected chi connectivity index (χ0v) is 23.2. The molecule has 3 aliphatic rings. The van der Waals surface area contributed by atoms with Crippen LogP contribution in [0.3, 0.4) is 0 Å². The molecule has 1 aliphatic carbocycles. The molecule has 1 N–H and O–H groups in total. The van der Waals surface area contributed by atoms with E-state index in [0.717, 1.165) is 30.5 Å². The van der Waals surface area contributed by atoms with Crippen LogP contribution in [0.5, 0.6) is 0 Å². The highest BCUT2D eigenvalue weighted by molar-refractivity contribution is 5.69. The Morgan fingerprint density at radius 2 is 1.84 bits per heavy atom. The van der Waals surface area contributed by atoms with Crippen LogP contribution in [0.15, 0.2) is 18.3 Å². The predicted octanol–water partition coefficient (Wildman–Crippen LogP) is 5.05. The largest absolute Gasteiger partial charge is 0.444 e. The van der Waals surface area contributed by atoms with Crippen LogP contribution in [0.1, 0.15) is 84.0 Å². The lowest BCUT2D eigenvalue weighted by Crippen LogP contribution is -2.65. The highest BCUT2D eigenvalue weighted by Gasteiger charge is 2.49. The van der Waals surface area contributed by atoms with Crippen molar-refractivity contribution in [2.75, 3.05) is 32.8 Å². The van der Waals surface area contributed by atoms with E-state index >= 15 is 0 Å². The van der Waals surface area contributed by atoms with Gasteiger partial charge in [-0.2, -0.15) is 5.26 Å². The normalized spacial score (nSPS) is 24.9. The summed E-state index contributed by atoms with van der Waals surface area (Å²) in [6.07, 6.45) is 6.80. The minimum atomic E-state index is -0.490. The number of nitrogens with one attached hydrogen (secondary N) is 1. The van der Waals surface area contributed by atoms with Crippen molar-refractivity contribution in [1.29, 1.82) is 5.26 Å². The van der Waals surface area contributed by atoms with Crippen molar-refractivity contribution in [2.45, 2.75) is 84.7 Å². The minimum absolute atomic E-state index is 0.120. The van der Waals surface area contributed by atoms with Crippen LogP contribution in [0.4, 0.5) is 4.79 Å². The van der Waals surface area contributed by atoms with E-state index in [1.807, 2.05) is 32.9 Å². The quantitative estimate of drug-likeness (QED) is 0.546. The Labute approximate surface area is 222 Å². The summed E-state index contributed by atoms with van der Waals surface area (Å²) in [4.78, 5) is 18.6. The van der Waals surface area contributed by atoms with Crippen LogP contribution in [-0.4, -0.2) is 60.7 Å². The van der Waals surface area contributed by atoms with E-state index in [4.69, 9.17) is 19.5 Å². The van der Waals surface area contributed by atoms with Gasteiger partial charge in [-0.15, -0.1) is 0 Å². The molecule has 1 saturated carbocycles. The number of amides is 1. The third-order valence-electron chi connectivity index (χ3n) is 8.06. The Morgan fingerprint density at radius 3 is 2.38 bits per heavy atom. The lowest BCUT2D eigenvalue weighted by atomic mass is 9.74. The fourth-order valence-corrected chi connectivity index (χ4v) is 5.87. The Bertz CT molecular complexity index is 928. The lowest BCUT2D eigenvalue weighted by Gasteiger charge is -2.52. The highest BCUT2D eigenvalue weighted by Crippen LogP contribution is 2.39. The van der Waals surface area contributed by atoms with Crippen molar-refractivity contribution in [3.63, 3.8) is 0 Å². The topological polar surface area (TPSA) is 96.7 Å². The maximum absolute atomic E-state index is 12.3. The van der Waals surface area contributed by atoms with Gasteiger partial charge in [0.05, 0.1) is 35.9 Å². The van der Waals surface area contributed by atoms with Gasteiger partial charge in [0, 0.05) is 32.3 Å². The van der Waals surface area contributed by atoms with Gasteiger partial charge < -0.3 is 24.4 Å². The second-order valence-electron chi connectivity index (χ2n) is 12.6. The van der Waals surface area contributed by atoms with E-state index in [1.54, 1.807) is 11.1 Å². The maximum atomic E-state index is 12.3. The van der Waals surface area contributed by atoms with Crippen LogP contribution in [0.2, 0.25) is 0 Å². The molecule has 0 aromatic carbocycles. The molecular weight excluding hydrogens is 468 g/mol. The molecule has 1 amide bonds. The summed E-state index contributed by atoms with van der Waals surface area (Å²) in [7, 11) is 0. The maximum Gasteiger partial charge on any atom is 0.410 e. The van der Waals surface area contributed by atoms with Crippen molar-refractivity contribution in [3.05, 3.63) is 29.6 Å². The molecule has 0 radical (unpaired) electrons. The number of hydrogen-bond donors (Lipinski definition) is 1. The zero-order valence-electron chi connectivity index (χ0n) is 23.2. The van der Waals surface area contributed by atoms with Gasteiger partial charge in [-0.3, -0.25) is 4.98 Å². The molecule has 2 aliphatic heterocycles. The Kier molecular flexibility index (Phi) is 8.77. The molecule has 1 atom stereocenters. The Morgan fingerprint density at radius 1 is 1.19 bits per heavy atom. The molecular formula is C29H44N4O4. The number of rotatable bonds is 7. The summed E-state index contributed by atoms with van der Waals surface area (Å²) in [6, 6.07) is 6.18. The number of ether oxygens (including phenoxy) is 3. The van der Waals surface area contributed by atoms with Crippen molar-refractivity contribution in [3.8, 4) is 6.07 Å². The molecule has 1 unspecified atom stereocenters. The van der Waals surface area contributed by atoms with Crippen LogP contribution < -0.4 is 5.32 Å². The SMILES string of the molecule is CC(C)C1CCC(C(NCCC2OCC3(CO2)CN(C(=O)OC(C)(C)C)C3)c2ccc(C#N)cn2)CC1. The average molecular weight is 513 g/mol. The van der Waals surface area contributed by atoms with Crippen LogP contribution in [0.25, 0.3) is 0 Å². The minimum Gasteiger partial charge on any atom is -0.444 e. The first-order valence-electron chi connectivity index (χ1n) is 13.9. The number of aromatic nitrogens is 1. The fourth-order valence-electron chi connectivity index (χ4n) is 5.87. The summed E-state index contributed by atoms with van der Waals surface area (Å²) >= 11 is 0. The van der Waals surface area contributed by atoms with E-state index in [2.05, 4.69) is 30.2 Å². The monoisotopic (exact) mass is 512 g/mol. The van der Waals surface area contributed by atoms with E-state index in [-0.39, 0.29) is 23.8 Å². The van der Waals surface area contributed by atoms with Crippen LogP contribution >= 0.6 is 0 Å². The first-order valence-corrected chi connectivity index (χ1v) is 13.9. The zero-order chi connectivity index (χ0) is 26.6. The fraction of sp³-hybridized carbons (Fsp3) is 0.759. The molecule has 0 bridgehead atoms. The predicted molar refractivity (Wildman–Crippen MR) is 141 cm³/mol. The standard InChI is InChI=1S/C29H44N4O4/c1-20(2)22-7-9-23(10-8-22)26(24-11-6-21(14-30)15-32-24)31-13-12-25-35-18-29(19-36-25)16-33(17-29)27(34)37-28(3,4)5/h6,11,15,20,22-23,25-26,31H,7-10,12-13,16-19H2,1-5H3. The van der Waals surface area contributed by atoms with Gasteiger partial charge in [-0.25, -0.2) is 4.79 Å². The second-order valence-corrected chi connectivity index (χ2v) is 12.6. The molecule has 1 aromatic rings. The van der Waals surface area contributed by atoms with Gasteiger partial charge in [0.2, 0.25) is 0 Å². The number of carbonyl (C=O) groups is 1. The highest BCUT2D eigenvalue weighted by atomic mass is 16.7. The van der Waals surface area contributed by atoms with Gasteiger partial charge >= 0.3 is 6.09 Å². The third-order valence-corrected chi connectivity index (χ3v) is 8.06. The van der Waals surface area contributed by atoms with Gasteiger partial charge in [-0.05, 0) is 76.3 Å². The third kappa shape index (κ3) is 7.22. The summed E-state index contributed by atoms with van der Waals surface area (Å²) in [5.41, 5.74) is 0.986. The van der Waals surface area contributed by atoms with E-state index in [1.165, 1.54) is 25.7 Å². The average Bonchev–Trinajstić information content (AvgIpc) is 2.85. The first-order chi connectivity index (χ1) is 17.6. The Balaban J connectivity index is 1.25. The van der Waals surface area contributed by atoms with Gasteiger partial charge in [-0.1, -0.05) is 13.8 Å². The van der Waals surface area contributed by atoms with Crippen molar-refractivity contribution < 1.29 is 19.0 Å². The van der Waals surface area contributed by atoms with Crippen LogP contribution in [-0.2, 0) is 14.2 Å². The summed E-state index contributed by atoms with van der Waals surface area (Å²) < 4.78 is 17.6. The molecule has 4 rings (SSSR count). The number of nitrogens with zero attached hydrogens (tertiary/aromatic N) is 3. The van der Waals surface area contributed by atoms with E-state index in [0.29, 0.717) is 37.8 Å². The smallest absolute Gasteiger partial charge is 0.410 e. The molecule has 8 heteroatoms. The van der Waals surface area contributed by atoms with E-state index < -0.39 is 5.60 Å². The molecule has 2 saturated heterocycles. The van der Waals surface area contributed by atoms with Crippen molar-refractivity contribution >= 4 is 6.09 Å². The molecule has 204 valence electrons. The molecule has 3 fully saturated rings. The molecule has 37 heavy (non-hydrogen) atoms. The number of likely N-dealkylation sites (tertiary alicyclic amines) is 1. The number of nitriles is 1. The van der Waals surface area contributed by atoms with Gasteiger partial charge in [0.25, 0.3) is 0 Å². The lowest BCUT2D eigenvalue weighted by molar-refractivity contribution is -0.255. The molecule has 1 spiro atoms. The summed E-state index contributed by atoms with van der Waals surface area (Å²) in [6.45, 7) is 13.5. The first kappa shape index (κ1) is 27.8. The van der Waals surface area contributed by atoms with Crippen molar-refractivity contribution in [1.82, 2.24) is 15.2 Å². The molecule has 8 nitrogen and oxygen atoms in total. The van der Waals surface area contributed by atoms with Crippen molar-refractivity contribution in [2.24, 2.45) is 23.2 Å². The molecule has 1 aromatic heterocycles.